The van der Waals surface area contributed by atoms with Crippen molar-refractivity contribution in [1.82, 2.24) is 9.62 Å². The van der Waals surface area contributed by atoms with E-state index in [-0.39, 0.29) is 12.3 Å². The highest BCUT2D eigenvalue weighted by atomic mass is 32.2. The van der Waals surface area contributed by atoms with Crippen molar-refractivity contribution in [2.45, 2.75) is 32.7 Å². The fourth-order valence-corrected chi connectivity index (χ4v) is 3.73. The molecule has 6 heteroatoms. The molecule has 0 heterocycles. The number of benzene rings is 2. The highest BCUT2D eigenvalue weighted by molar-refractivity contribution is 7.88. The fraction of sp³-hybridized carbons (Fsp3) is 0.350. The van der Waals surface area contributed by atoms with Crippen LogP contribution in [0.4, 0.5) is 0 Å². The third-order valence-electron chi connectivity index (χ3n) is 4.26. The van der Waals surface area contributed by atoms with E-state index in [1.807, 2.05) is 30.3 Å². The Kier molecular flexibility index (Phi) is 7.34. The van der Waals surface area contributed by atoms with E-state index in [4.69, 9.17) is 5.26 Å². The van der Waals surface area contributed by atoms with Crippen molar-refractivity contribution in [2.24, 2.45) is 0 Å². The van der Waals surface area contributed by atoms with Gasteiger partial charge in [0, 0.05) is 13.1 Å². The average molecular weight is 372 g/mol. The molecule has 26 heavy (non-hydrogen) atoms. The number of nitrogens with one attached hydrogen (secondary N) is 1. The minimum absolute atomic E-state index is 0.0985. The zero-order valence-electron chi connectivity index (χ0n) is 15.3. The van der Waals surface area contributed by atoms with E-state index < -0.39 is 10.0 Å². The second kappa shape index (κ2) is 9.48. The highest BCUT2D eigenvalue weighted by Crippen LogP contribution is 2.10. The minimum atomic E-state index is -3.43. The molecule has 0 fully saturated rings. The molecule has 0 aliphatic rings. The third-order valence-corrected chi connectivity index (χ3v) is 5.56. The van der Waals surface area contributed by atoms with Gasteiger partial charge in [-0.25, -0.2) is 13.1 Å². The van der Waals surface area contributed by atoms with E-state index in [2.05, 4.69) is 23.5 Å². The average Bonchev–Trinajstić information content (AvgIpc) is 2.66. The van der Waals surface area contributed by atoms with Crippen molar-refractivity contribution in [1.29, 1.82) is 5.26 Å². The molecule has 0 atom stereocenters. The Balaban J connectivity index is 1.91. The van der Waals surface area contributed by atoms with Crippen molar-refractivity contribution in [3.05, 3.63) is 70.8 Å². The topological polar surface area (TPSA) is 73.2 Å². The maximum Gasteiger partial charge on any atom is 0.216 e. The van der Waals surface area contributed by atoms with E-state index in [0.717, 1.165) is 25.2 Å². The number of rotatable bonds is 9. The van der Waals surface area contributed by atoms with Gasteiger partial charge < -0.3 is 0 Å². The second-order valence-corrected chi connectivity index (χ2v) is 7.97. The SMILES string of the molecule is CCN(CC)Cc1ccc(CNS(=O)(=O)Cc2ccc(C#N)cc2)cc1. The van der Waals surface area contributed by atoms with Crippen LogP contribution < -0.4 is 4.72 Å². The van der Waals surface area contributed by atoms with Gasteiger partial charge in [0.1, 0.15) is 0 Å². The summed E-state index contributed by atoms with van der Waals surface area (Å²) in [7, 11) is -3.43. The van der Waals surface area contributed by atoms with Gasteiger partial charge in [0.2, 0.25) is 10.0 Å². The van der Waals surface area contributed by atoms with Gasteiger partial charge in [-0.3, -0.25) is 4.90 Å². The van der Waals surface area contributed by atoms with E-state index in [1.165, 1.54) is 5.56 Å². The summed E-state index contributed by atoms with van der Waals surface area (Å²) in [4.78, 5) is 2.33. The molecule has 0 aliphatic carbocycles. The Morgan fingerprint density at radius 3 is 2.00 bits per heavy atom. The maximum absolute atomic E-state index is 12.2. The lowest BCUT2D eigenvalue weighted by atomic mass is 10.1. The van der Waals surface area contributed by atoms with Gasteiger partial charge in [-0.15, -0.1) is 0 Å². The molecule has 2 aromatic carbocycles. The number of nitriles is 1. The van der Waals surface area contributed by atoms with E-state index in [9.17, 15) is 8.42 Å². The molecule has 2 rings (SSSR count). The van der Waals surface area contributed by atoms with Crippen LogP contribution in [0.1, 0.15) is 36.1 Å². The molecule has 0 aromatic heterocycles. The van der Waals surface area contributed by atoms with Crippen LogP contribution in [0.2, 0.25) is 0 Å². The molecule has 0 aliphatic heterocycles. The molecule has 0 radical (unpaired) electrons. The molecular formula is C20H25N3O2S. The Morgan fingerprint density at radius 2 is 1.46 bits per heavy atom. The largest absolute Gasteiger partial charge is 0.300 e. The van der Waals surface area contributed by atoms with Crippen molar-refractivity contribution < 1.29 is 8.42 Å². The molecule has 0 spiro atoms. The lowest BCUT2D eigenvalue weighted by molar-refractivity contribution is 0.296. The monoisotopic (exact) mass is 371 g/mol. The summed E-state index contributed by atoms with van der Waals surface area (Å²) in [5.41, 5.74) is 3.32. The maximum atomic E-state index is 12.2. The first kappa shape index (κ1) is 20.1. The lowest BCUT2D eigenvalue weighted by Crippen LogP contribution is -2.25. The molecule has 138 valence electrons. The Hall–Kier alpha value is -2.20. The summed E-state index contributed by atoms with van der Waals surface area (Å²) >= 11 is 0. The summed E-state index contributed by atoms with van der Waals surface area (Å²) in [5.74, 6) is -0.0985. The lowest BCUT2D eigenvalue weighted by Gasteiger charge is -2.18. The molecule has 0 saturated carbocycles. The zero-order valence-corrected chi connectivity index (χ0v) is 16.1. The molecule has 0 amide bonds. The summed E-state index contributed by atoms with van der Waals surface area (Å²) < 4.78 is 27.1. The van der Waals surface area contributed by atoms with E-state index in [0.29, 0.717) is 11.1 Å². The molecule has 0 saturated heterocycles. The van der Waals surface area contributed by atoms with Gasteiger partial charge in [0.25, 0.3) is 0 Å². The van der Waals surface area contributed by atoms with E-state index >= 15 is 0 Å². The van der Waals surface area contributed by atoms with Crippen LogP contribution in [-0.2, 0) is 28.9 Å². The molecule has 2 aromatic rings. The first-order valence-corrected chi connectivity index (χ1v) is 10.4. The molecule has 1 N–H and O–H groups in total. The van der Waals surface area contributed by atoms with Crippen LogP contribution in [0, 0.1) is 11.3 Å². The molecule has 5 nitrogen and oxygen atoms in total. The standard InChI is InChI=1S/C20H25N3O2S/c1-3-23(4-2)15-19-9-7-18(8-10-19)14-22-26(24,25)16-20-11-5-17(13-21)6-12-20/h5-12,22H,3-4,14-16H2,1-2H3. The van der Waals surface area contributed by atoms with Crippen LogP contribution in [0.25, 0.3) is 0 Å². The highest BCUT2D eigenvalue weighted by Gasteiger charge is 2.11. The molecular weight excluding hydrogens is 346 g/mol. The zero-order chi connectivity index (χ0) is 19.0. The van der Waals surface area contributed by atoms with Crippen LogP contribution in [-0.4, -0.2) is 26.4 Å². The normalized spacial score (nSPS) is 11.5. The van der Waals surface area contributed by atoms with Crippen molar-refractivity contribution >= 4 is 10.0 Å². The predicted octanol–water partition coefficient (Wildman–Crippen LogP) is 3.02. The molecule has 0 unspecified atom stereocenters. The van der Waals surface area contributed by atoms with Crippen LogP contribution >= 0.6 is 0 Å². The molecule has 0 bridgehead atoms. The first-order valence-electron chi connectivity index (χ1n) is 8.72. The van der Waals surface area contributed by atoms with Gasteiger partial charge in [-0.2, -0.15) is 5.26 Å². The smallest absolute Gasteiger partial charge is 0.216 e. The first-order chi connectivity index (χ1) is 12.5. The van der Waals surface area contributed by atoms with Crippen molar-refractivity contribution in [3.8, 4) is 6.07 Å². The van der Waals surface area contributed by atoms with Gasteiger partial charge in [0.05, 0.1) is 17.4 Å². The van der Waals surface area contributed by atoms with Gasteiger partial charge >= 0.3 is 0 Å². The number of hydrogen-bond acceptors (Lipinski definition) is 4. The Morgan fingerprint density at radius 1 is 0.923 bits per heavy atom. The number of sulfonamides is 1. The minimum Gasteiger partial charge on any atom is -0.300 e. The van der Waals surface area contributed by atoms with Gasteiger partial charge in [-0.1, -0.05) is 50.2 Å². The summed E-state index contributed by atoms with van der Waals surface area (Å²) in [5, 5.41) is 8.78. The Labute approximate surface area is 156 Å². The van der Waals surface area contributed by atoms with Crippen LogP contribution in [0.3, 0.4) is 0 Å². The van der Waals surface area contributed by atoms with Gasteiger partial charge in [-0.05, 0) is 41.9 Å². The number of hydrogen-bond donors (Lipinski definition) is 1. The van der Waals surface area contributed by atoms with Crippen LogP contribution in [0.15, 0.2) is 48.5 Å². The predicted molar refractivity (Wildman–Crippen MR) is 104 cm³/mol. The Bertz CT molecular complexity index is 834. The summed E-state index contributed by atoms with van der Waals surface area (Å²) in [6.07, 6.45) is 0. The summed E-state index contributed by atoms with van der Waals surface area (Å²) in [6, 6.07) is 16.6. The van der Waals surface area contributed by atoms with Crippen molar-refractivity contribution in [3.63, 3.8) is 0 Å². The second-order valence-electron chi connectivity index (χ2n) is 6.17. The van der Waals surface area contributed by atoms with Gasteiger partial charge in [0.15, 0.2) is 0 Å². The fourth-order valence-electron chi connectivity index (χ4n) is 2.61. The third kappa shape index (κ3) is 6.26. The number of nitrogens with zero attached hydrogens (tertiary/aromatic N) is 2. The summed E-state index contributed by atoms with van der Waals surface area (Å²) in [6.45, 7) is 7.46. The van der Waals surface area contributed by atoms with E-state index in [1.54, 1.807) is 24.3 Å². The quantitative estimate of drug-likeness (QED) is 0.735. The van der Waals surface area contributed by atoms with Crippen LogP contribution in [0.5, 0.6) is 0 Å². The van der Waals surface area contributed by atoms with Crippen molar-refractivity contribution in [2.75, 3.05) is 13.1 Å².